The summed E-state index contributed by atoms with van der Waals surface area (Å²) in [6.45, 7) is 14.6. The Morgan fingerprint density at radius 2 is 1.62 bits per heavy atom. The van der Waals surface area contributed by atoms with Crippen LogP contribution in [0.3, 0.4) is 0 Å². The summed E-state index contributed by atoms with van der Waals surface area (Å²) < 4.78 is 0. The molecule has 0 aromatic carbocycles. The molecule has 21 heavy (non-hydrogen) atoms. The Morgan fingerprint density at radius 1 is 1.10 bits per heavy atom. The van der Waals surface area contributed by atoms with Crippen LogP contribution in [0, 0.1) is 11.3 Å². The Hall–Kier alpha value is -0.570. The molecular formula is C18H34N2O. The number of rotatable bonds is 5. The first-order chi connectivity index (χ1) is 9.78. The second kappa shape index (κ2) is 6.68. The smallest absolute Gasteiger partial charge is 0.225 e. The predicted molar refractivity (Wildman–Crippen MR) is 88.2 cm³/mol. The topological polar surface area (TPSA) is 23.6 Å². The van der Waals surface area contributed by atoms with Gasteiger partial charge < -0.3 is 9.80 Å². The summed E-state index contributed by atoms with van der Waals surface area (Å²) in [7, 11) is 0. The molecule has 0 aromatic rings. The first-order valence-electron chi connectivity index (χ1n) is 8.82. The standard InChI is InChI=1S/C18H34N2O/c1-14(2)17(21)20(15-6-7-15)16-8-11-19(12-9-16)13-10-18(3,4)5/h14-16H,6-13H2,1-5H3. The highest BCUT2D eigenvalue weighted by atomic mass is 16.2. The lowest BCUT2D eigenvalue weighted by molar-refractivity contribution is -0.138. The zero-order valence-electron chi connectivity index (χ0n) is 14.7. The van der Waals surface area contributed by atoms with E-state index in [0.29, 0.717) is 23.4 Å². The minimum atomic E-state index is 0.143. The Bertz CT molecular complexity index is 347. The zero-order valence-corrected chi connectivity index (χ0v) is 14.7. The molecule has 1 saturated carbocycles. The summed E-state index contributed by atoms with van der Waals surface area (Å²) in [6.07, 6.45) is 6.04. The summed E-state index contributed by atoms with van der Waals surface area (Å²) in [5.41, 5.74) is 0.421. The third kappa shape index (κ3) is 4.98. The molecule has 2 fully saturated rings. The molecule has 0 atom stereocenters. The minimum absolute atomic E-state index is 0.143. The van der Waals surface area contributed by atoms with Crippen LogP contribution in [-0.4, -0.2) is 47.4 Å². The van der Waals surface area contributed by atoms with Crippen molar-refractivity contribution in [3.05, 3.63) is 0 Å². The van der Waals surface area contributed by atoms with Crippen LogP contribution in [0.1, 0.15) is 66.7 Å². The van der Waals surface area contributed by atoms with E-state index in [2.05, 4.69) is 30.6 Å². The fraction of sp³-hybridized carbons (Fsp3) is 0.944. The van der Waals surface area contributed by atoms with Crippen LogP contribution in [0.2, 0.25) is 0 Å². The lowest BCUT2D eigenvalue weighted by atomic mass is 9.91. The number of hydrogen-bond donors (Lipinski definition) is 0. The molecule has 1 saturated heterocycles. The van der Waals surface area contributed by atoms with Crippen molar-refractivity contribution >= 4 is 5.91 Å². The molecular weight excluding hydrogens is 260 g/mol. The number of amides is 1. The predicted octanol–water partition coefficient (Wildman–Crippen LogP) is 3.53. The fourth-order valence-corrected chi connectivity index (χ4v) is 3.22. The van der Waals surface area contributed by atoms with E-state index in [-0.39, 0.29) is 5.92 Å². The van der Waals surface area contributed by atoms with Crippen LogP contribution in [0.5, 0.6) is 0 Å². The van der Waals surface area contributed by atoms with E-state index in [1.54, 1.807) is 0 Å². The Morgan fingerprint density at radius 3 is 2.05 bits per heavy atom. The van der Waals surface area contributed by atoms with Gasteiger partial charge in [0.2, 0.25) is 5.91 Å². The average molecular weight is 294 g/mol. The number of hydrogen-bond acceptors (Lipinski definition) is 2. The van der Waals surface area contributed by atoms with Gasteiger partial charge in [0.15, 0.2) is 0 Å². The first kappa shape index (κ1) is 16.8. The molecule has 0 radical (unpaired) electrons. The molecule has 0 bridgehead atoms. The summed E-state index contributed by atoms with van der Waals surface area (Å²) in [6, 6.07) is 1.06. The third-order valence-electron chi connectivity index (χ3n) is 4.82. The van der Waals surface area contributed by atoms with Gasteiger partial charge >= 0.3 is 0 Å². The Kier molecular flexibility index (Phi) is 5.34. The molecule has 0 spiro atoms. The van der Waals surface area contributed by atoms with E-state index in [4.69, 9.17) is 0 Å². The SMILES string of the molecule is CC(C)C(=O)N(C1CC1)C1CCN(CCC(C)(C)C)CC1. The molecule has 1 aliphatic heterocycles. The van der Waals surface area contributed by atoms with E-state index in [9.17, 15) is 4.79 Å². The second-order valence-corrected chi connectivity index (χ2v) is 8.51. The summed E-state index contributed by atoms with van der Waals surface area (Å²) in [4.78, 5) is 17.3. The van der Waals surface area contributed by atoms with Gasteiger partial charge in [0.1, 0.15) is 0 Å². The van der Waals surface area contributed by atoms with Crippen LogP contribution in [0.4, 0.5) is 0 Å². The molecule has 1 heterocycles. The number of carbonyl (C=O) groups excluding carboxylic acids is 1. The van der Waals surface area contributed by atoms with Crippen molar-refractivity contribution in [2.45, 2.75) is 78.8 Å². The lowest BCUT2D eigenvalue weighted by Gasteiger charge is -2.40. The Labute approximate surface area is 131 Å². The van der Waals surface area contributed by atoms with Crippen molar-refractivity contribution in [3.8, 4) is 0 Å². The van der Waals surface area contributed by atoms with E-state index in [1.807, 2.05) is 13.8 Å². The highest BCUT2D eigenvalue weighted by Gasteiger charge is 2.39. The number of carbonyl (C=O) groups is 1. The minimum Gasteiger partial charge on any atom is -0.336 e. The van der Waals surface area contributed by atoms with Crippen LogP contribution in [-0.2, 0) is 4.79 Å². The zero-order chi connectivity index (χ0) is 15.6. The Balaban J connectivity index is 1.83. The third-order valence-corrected chi connectivity index (χ3v) is 4.82. The van der Waals surface area contributed by atoms with Gasteiger partial charge in [0.05, 0.1) is 0 Å². The number of piperidine rings is 1. The molecule has 3 heteroatoms. The van der Waals surface area contributed by atoms with E-state index in [1.165, 1.54) is 38.6 Å². The van der Waals surface area contributed by atoms with Crippen molar-refractivity contribution in [2.24, 2.45) is 11.3 Å². The highest BCUT2D eigenvalue weighted by Crippen LogP contribution is 2.33. The van der Waals surface area contributed by atoms with Crippen molar-refractivity contribution in [2.75, 3.05) is 19.6 Å². The van der Waals surface area contributed by atoms with Gasteiger partial charge in [0, 0.05) is 31.1 Å². The normalized spacial score (nSPS) is 21.8. The lowest BCUT2D eigenvalue weighted by Crippen LogP contribution is -2.49. The monoisotopic (exact) mass is 294 g/mol. The maximum absolute atomic E-state index is 12.5. The molecule has 2 aliphatic rings. The molecule has 1 amide bonds. The van der Waals surface area contributed by atoms with Gasteiger partial charge in [-0.25, -0.2) is 0 Å². The molecule has 0 N–H and O–H groups in total. The van der Waals surface area contributed by atoms with E-state index in [0.717, 1.165) is 13.1 Å². The van der Waals surface area contributed by atoms with Crippen LogP contribution >= 0.6 is 0 Å². The van der Waals surface area contributed by atoms with E-state index >= 15 is 0 Å². The van der Waals surface area contributed by atoms with Gasteiger partial charge in [-0.1, -0.05) is 34.6 Å². The van der Waals surface area contributed by atoms with Crippen molar-refractivity contribution in [1.82, 2.24) is 9.80 Å². The second-order valence-electron chi connectivity index (χ2n) is 8.51. The van der Waals surface area contributed by atoms with Gasteiger partial charge in [-0.3, -0.25) is 4.79 Å². The maximum atomic E-state index is 12.5. The van der Waals surface area contributed by atoms with E-state index < -0.39 is 0 Å². The van der Waals surface area contributed by atoms with Crippen molar-refractivity contribution < 1.29 is 4.79 Å². The van der Waals surface area contributed by atoms with Crippen LogP contribution in [0.25, 0.3) is 0 Å². The molecule has 0 aromatic heterocycles. The van der Waals surface area contributed by atoms with Crippen molar-refractivity contribution in [1.29, 1.82) is 0 Å². The van der Waals surface area contributed by atoms with Crippen LogP contribution < -0.4 is 0 Å². The number of nitrogens with zero attached hydrogens (tertiary/aromatic N) is 2. The molecule has 3 nitrogen and oxygen atoms in total. The quantitative estimate of drug-likeness (QED) is 0.774. The van der Waals surface area contributed by atoms with Crippen LogP contribution in [0.15, 0.2) is 0 Å². The molecule has 2 rings (SSSR count). The van der Waals surface area contributed by atoms with Gasteiger partial charge in [-0.05, 0) is 44.1 Å². The van der Waals surface area contributed by atoms with Gasteiger partial charge in [-0.15, -0.1) is 0 Å². The largest absolute Gasteiger partial charge is 0.336 e. The first-order valence-corrected chi connectivity index (χ1v) is 8.82. The fourth-order valence-electron chi connectivity index (χ4n) is 3.22. The summed E-state index contributed by atoms with van der Waals surface area (Å²) in [5.74, 6) is 0.523. The summed E-state index contributed by atoms with van der Waals surface area (Å²) in [5, 5.41) is 0. The van der Waals surface area contributed by atoms with Gasteiger partial charge in [-0.2, -0.15) is 0 Å². The van der Waals surface area contributed by atoms with Gasteiger partial charge in [0.25, 0.3) is 0 Å². The molecule has 0 unspecified atom stereocenters. The molecule has 1 aliphatic carbocycles. The highest BCUT2D eigenvalue weighted by molar-refractivity contribution is 5.79. The molecule has 122 valence electrons. The van der Waals surface area contributed by atoms with Crippen molar-refractivity contribution in [3.63, 3.8) is 0 Å². The maximum Gasteiger partial charge on any atom is 0.225 e. The number of likely N-dealkylation sites (tertiary alicyclic amines) is 1. The average Bonchev–Trinajstić information content (AvgIpc) is 3.21. The summed E-state index contributed by atoms with van der Waals surface area (Å²) >= 11 is 0.